The van der Waals surface area contributed by atoms with E-state index in [0.717, 1.165) is 0 Å². The van der Waals surface area contributed by atoms with Gasteiger partial charge in [0.05, 0.1) is 0 Å². The average molecular weight is 590 g/mol. The largest absolute Gasteiger partial charge is 0.412 e. The predicted molar refractivity (Wildman–Crippen MR) is 39.0 cm³/mol. The minimum Gasteiger partial charge on any atom is -0.412 e. The van der Waals surface area contributed by atoms with Crippen LogP contribution in [-0.2, 0) is 105 Å². The molecule has 0 bridgehead atoms. The van der Waals surface area contributed by atoms with Crippen molar-refractivity contribution in [2.45, 2.75) is 0 Å². The Hall–Kier alpha value is 3.67. The fourth-order valence-corrected chi connectivity index (χ4v) is 0. The SMILES string of the molecule is Cl.Cl.F.F.F.F.O.O.O.O.[Zr].[Zr].[Zr].[Zr]. The van der Waals surface area contributed by atoms with E-state index >= 15 is 0 Å². The van der Waals surface area contributed by atoms with Gasteiger partial charge in [-0.25, -0.2) is 0 Å². The van der Waals surface area contributed by atoms with Gasteiger partial charge in [-0.15, -0.1) is 24.8 Å². The van der Waals surface area contributed by atoms with E-state index in [-0.39, 0.29) is 170 Å². The summed E-state index contributed by atoms with van der Waals surface area (Å²) in [7, 11) is 0. The summed E-state index contributed by atoms with van der Waals surface area (Å²) in [5.41, 5.74) is 0. The first-order chi connectivity index (χ1) is 0. The van der Waals surface area contributed by atoms with Gasteiger partial charge < -0.3 is 21.9 Å². The molecule has 14 heteroatoms. The van der Waals surface area contributed by atoms with Gasteiger partial charge in [-0.2, -0.15) is 0 Å². The molecule has 0 aliphatic heterocycles. The maximum atomic E-state index is 0. The molecule has 0 spiro atoms. The third-order valence-corrected chi connectivity index (χ3v) is 0. The van der Waals surface area contributed by atoms with Crippen LogP contribution in [-0.4, -0.2) is 21.9 Å². The summed E-state index contributed by atoms with van der Waals surface area (Å²) in [4.78, 5) is 0. The number of hydrogen-bond donors (Lipinski definition) is 0. The van der Waals surface area contributed by atoms with Gasteiger partial charge >= 0.3 is 0 Å². The molecule has 4 nitrogen and oxygen atoms in total. The van der Waals surface area contributed by atoms with Gasteiger partial charge in [-0.3, -0.25) is 18.8 Å². The monoisotopic (exact) mass is 584 g/mol. The van der Waals surface area contributed by atoms with E-state index in [0.29, 0.717) is 0 Å². The van der Waals surface area contributed by atoms with Gasteiger partial charge in [0.25, 0.3) is 0 Å². The van der Waals surface area contributed by atoms with Crippen molar-refractivity contribution in [1.82, 2.24) is 0 Å². The van der Waals surface area contributed by atoms with Gasteiger partial charge in [0.2, 0.25) is 0 Å². The van der Waals surface area contributed by atoms with Crippen LogP contribution in [0.1, 0.15) is 0 Å². The molecule has 0 aromatic carbocycles. The average Bonchev–Trinajstić information content (AvgIpc) is 0. The van der Waals surface area contributed by atoms with Crippen molar-refractivity contribution in [3.8, 4) is 0 Å². The van der Waals surface area contributed by atoms with Crippen molar-refractivity contribution < 1.29 is 146 Å². The van der Waals surface area contributed by atoms with Crippen LogP contribution in [0, 0.1) is 0 Å². The summed E-state index contributed by atoms with van der Waals surface area (Å²) < 4.78 is 0. The number of halogens is 6. The van der Waals surface area contributed by atoms with Gasteiger partial charge in [-0.1, -0.05) is 0 Å². The molecule has 0 aliphatic rings. The Morgan fingerprint density at radius 1 is 0.286 bits per heavy atom. The second-order valence-corrected chi connectivity index (χ2v) is 0. The molecule has 0 aromatic heterocycles. The Balaban J connectivity index is 0. The van der Waals surface area contributed by atoms with Gasteiger partial charge in [-0.05, 0) is 0 Å². The van der Waals surface area contributed by atoms with Crippen LogP contribution in [0.25, 0.3) is 0 Å². The zero-order chi connectivity index (χ0) is 0. The van der Waals surface area contributed by atoms with Gasteiger partial charge in [0, 0.05) is 105 Å². The zero-order valence-electron chi connectivity index (χ0n) is 6.45. The molecular formula is H14Cl2F4O4Zr4. The molecule has 0 fully saturated rings. The van der Waals surface area contributed by atoms with Crippen LogP contribution < -0.4 is 0 Å². The molecule has 0 unspecified atom stereocenters. The third kappa shape index (κ3) is 250. The summed E-state index contributed by atoms with van der Waals surface area (Å²) in [6.07, 6.45) is 0. The summed E-state index contributed by atoms with van der Waals surface area (Å²) in [5, 5.41) is 0. The minimum atomic E-state index is 0. The molecule has 0 saturated heterocycles. The zero-order valence-corrected chi connectivity index (χ0v) is 17.9. The van der Waals surface area contributed by atoms with Crippen LogP contribution in [0.4, 0.5) is 18.8 Å². The molecule has 0 heterocycles. The van der Waals surface area contributed by atoms with Crippen LogP contribution in [0.3, 0.4) is 0 Å². The summed E-state index contributed by atoms with van der Waals surface area (Å²) >= 11 is 0. The smallest absolute Gasteiger partial charge is 0 e. The molecule has 0 amide bonds. The third-order valence-electron chi connectivity index (χ3n) is 0. The Morgan fingerprint density at radius 2 is 0.286 bits per heavy atom. The van der Waals surface area contributed by atoms with E-state index in [1.807, 2.05) is 0 Å². The van der Waals surface area contributed by atoms with Gasteiger partial charge in [0.1, 0.15) is 0 Å². The summed E-state index contributed by atoms with van der Waals surface area (Å²) in [6.45, 7) is 0. The first kappa shape index (κ1) is 364. The van der Waals surface area contributed by atoms with E-state index in [1.165, 1.54) is 0 Å². The Bertz CT molecular complexity index is 27.3. The van der Waals surface area contributed by atoms with Crippen LogP contribution in [0.15, 0.2) is 0 Å². The maximum absolute atomic E-state index is 0. The molecule has 0 rings (SSSR count). The minimum absolute atomic E-state index is 0. The molecule has 96 valence electrons. The van der Waals surface area contributed by atoms with Crippen molar-refractivity contribution >= 4 is 24.8 Å². The Labute approximate surface area is 168 Å². The molecular weight excluding hydrogens is 576 g/mol. The van der Waals surface area contributed by atoms with E-state index in [2.05, 4.69) is 0 Å². The first-order valence-corrected chi connectivity index (χ1v) is 0. The standard InChI is InChI=1S/2ClH.4FH.4H2O.4Zr/h6*1H;4*1H2;;;;. The number of rotatable bonds is 0. The topological polar surface area (TPSA) is 126 Å². The maximum Gasteiger partial charge on any atom is 0 e. The van der Waals surface area contributed by atoms with E-state index in [4.69, 9.17) is 0 Å². The molecule has 0 radical (unpaired) electrons. The molecule has 14 heavy (non-hydrogen) atoms. The second-order valence-electron chi connectivity index (χ2n) is 0. The van der Waals surface area contributed by atoms with Crippen molar-refractivity contribution in [2.24, 2.45) is 0 Å². The van der Waals surface area contributed by atoms with Crippen LogP contribution in [0.2, 0.25) is 0 Å². The van der Waals surface area contributed by atoms with Crippen molar-refractivity contribution in [2.75, 3.05) is 0 Å². The molecule has 0 saturated carbocycles. The second kappa shape index (κ2) is 304. The molecule has 0 atom stereocenters. The summed E-state index contributed by atoms with van der Waals surface area (Å²) in [6, 6.07) is 0. The normalized spacial score (nSPS) is 0. The number of hydrogen-bond acceptors (Lipinski definition) is 0. The van der Waals surface area contributed by atoms with Gasteiger partial charge in [0.15, 0.2) is 0 Å². The van der Waals surface area contributed by atoms with E-state index in [9.17, 15) is 0 Å². The molecule has 0 aromatic rings. The van der Waals surface area contributed by atoms with E-state index < -0.39 is 0 Å². The van der Waals surface area contributed by atoms with Crippen molar-refractivity contribution in [1.29, 1.82) is 0 Å². The van der Waals surface area contributed by atoms with Crippen LogP contribution >= 0.6 is 24.8 Å². The first-order valence-electron chi connectivity index (χ1n) is 0. The quantitative estimate of drug-likeness (QED) is 0.294. The predicted octanol–water partition coefficient (Wildman–Crippen LogP) is -1.86. The van der Waals surface area contributed by atoms with Crippen molar-refractivity contribution in [3.05, 3.63) is 0 Å². The molecule has 0 aliphatic carbocycles. The fraction of sp³-hybridized carbons (Fsp3) is 0. The Kier molecular flexibility index (Phi) is 7900. The van der Waals surface area contributed by atoms with Crippen LogP contribution in [0.5, 0.6) is 0 Å². The summed E-state index contributed by atoms with van der Waals surface area (Å²) in [5.74, 6) is 0. The van der Waals surface area contributed by atoms with E-state index in [1.54, 1.807) is 0 Å². The fourth-order valence-electron chi connectivity index (χ4n) is 0. The Morgan fingerprint density at radius 3 is 0.286 bits per heavy atom. The molecule has 8 N–H and O–H groups in total. The van der Waals surface area contributed by atoms with Crippen molar-refractivity contribution in [3.63, 3.8) is 0 Å².